The van der Waals surface area contributed by atoms with Crippen molar-refractivity contribution in [3.05, 3.63) is 39.7 Å². The van der Waals surface area contributed by atoms with Gasteiger partial charge < -0.3 is 5.43 Å². The quantitative estimate of drug-likeness (QED) is 0.482. The van der Waals surface area contributed by atoms with Gasteiger partial charge in [-0.3, -0.25) is 10.1 Å². The Hall–Kier alpha value is -2.19. The van der Waals surface area contributed by atoms with Crippen LogP contribution in [0.5, 0.6) is 0 Å². The minimum absolute atomic E-state index is 0.144. The number of nitrogens with zero attached hydrogens (tertiary/aromatic N) is 4. The van der Waals surface area contributed by atoms with Gasteiger partial charge in [0.25, 0.3) is 5.69 Å². The number of rotatable bonds is 3. The average molecular weight is 255 g/mol. The summed E-state index contributed by atoms with van der Waals surface area (Å²) in [6, 6.07) is 2.48. The SMILES string of the molecule is NNc1cc([N+](=O)[O-])cc(-n2cc(Cl)cn2)n1. The van der Waals surface area contributed by atoms with Gasteiger partial charge in [-0.25, -0.2) is 15.5 Å². The maximum atomic E-state index is 10.7. The van der Waals surface area contributed by atoms with Gasteiger partial charge in [0.15, 0.2) is 5.82 Å². The van der Waals surface area contributed by atoms with Gasteiger partial charge >= 0.3 is 0 Å². The summed E-state index contributed by atoms with van der Waals surface area (Å²) in [5.74, 6) is 5.60. The second kappa shape index (κ2) is 4.36. The van der Waals surface area contributed by atoms with E-state index < -0.39 is 4.92 Å². The molecule has 0 fully saturated rings. The molecule has 0 amide bonds. The maximum Gasteiger partial charge on any atom is 0.276 e. The first-order chi connectivity index (χ1) is 8.10. The van der Waals surface area contributed by atoms with Crippen LogP contribution in [-0.4, -0.2) is 19.7 Å². The van der Waals surface area contributed by atoms with E-state index in [9.17, 15) is 10.1 Å². The van der Waals surface area contributed by atoms with Crippen molar-refractivity contribution in [1.82, 2.24) is 14.8 Å². The molecular weight excluding hydrogens is 248 g/mol. The standard InChI is InChI=1S/C8H7ClN6O2/c9-5-3-11-14(4-5)8-2-6(15(16)17)1-7(12-8)13-10/h1-4H,10H2,(H,12,13). The molecule has 17 heavy (non-hydrogen) atoms. The van der Waals surface area contributed by atoms with Gasteiger partial charge in [0.1, 0.15) is 5.82 Å². The number of anilines is 1. The number of nitrogens with two attached hydrogens (primary N) is 1. The predicted octanol–water partition coefficient (Wildman–Crippen LogP) is 1.11. The summed E-state index contributed by atoms with van der Waals surface area (Å²) in [6.07, 6.45) is 2.88. The highest BCUT2D eigenvalue weighted by atomic mass is 35.5. The van der Waals surface area contributed by atoms with Gasteiger partial charge in [0.2, 0.25) is 0 Å². The van der Waals surface area contributed by atoms with Crippen LogP contribution >= 0.6 is 11.6 Å². The van der Waals surface area contributed by atoms with Crippen LogP contribution in [0.1, 0.15) is 0 Å². The molecule has 88 valence electrons. The Morgan fingerprint density at radius 3 is 2.82 bits per heavy atom. The van der Waals surface area contributed by atoms with E-state index in [0.717, 1.165) is 0 Å². The highest BCUT2D eigenvalue weighted by Crippen LogP contribution is 2.20. The lowest BCUT2D eigenvalue weighted by molar-refractivity contribution is -0.384. The van der Waals surface area contributed by atoms with Gasteiger partial charge in [-0.2, -0.15) is 5.10 Å². The molecule has 0 atom stereocenters. The molecule has 2 heterocycles. The van der Waals surface area contributed by atoms with Crippen molar-refractivity contribution in [1.29, 1.82) is 0 Å². The fourth-order valence-electron chi connectivity index (χ4n) is 1.22. The number of aromatic nitrogens is 3. The van der Waals surface area contributed by atoms with E-state index in [2.05, 4.69) is 15.5 Å². The average Bonchev–Trinajstić information content (AvgIpc) is 2.75. The van der Waals surface area contributed by atoms with Crippen LogP contribution in [0.15, 0.2) is 24.5 Å². The molecule has 0 aliphatic rings. The van der Waals surface area contributed by atoms with Crippen molar-refractivity contribution < 1.29 is 4.92 Å². The number of halogens is 1. The van der Waals surface area contributed by atoms with Gasteiger partial charge in [-0.15, -0.1) is 0 Å². The highest BCUT2D eigenvalue weighted by Gasteiger charge is 2.12. The first kappa shape index (κ1) is 11.3. The minimum Gasteiger partial charge on any atom is -0.308 e. The fraction of sp³-hybridized carbons (Fsp3) is 0. The normalized spacial score (nSPS) is 10.2. The first-order valence-electron chi connectivity index (χ1n) is 4.44. The zero-order chi connectivity index (χ0) is 12.4. The molecule has 0 spiro atoms. The van der Waals surface area contributed by atoms with Crippen molar-refractivity contribution >= 4 is 23.1 Å². The van der Waals surface area contributed by atoms with Crippen LogP contribution in [0.3, 0.4) is 0 Å². The third-order valence-corrected chi connectivity index (χ3v) is 2.14. The smallest absolute Gasteiger partial charge is 0.276 e. The molecule has 2 aromatic heterocycles. The summed E-state index contributed by atoms with van der Waals surface area (Å²) >= 11 is 5.70. The Kier molecular flexibility index (Phi) is 2.90. The van der Waals surface area contributed by atoms with E-state index in [1.807, 2.05) is 0 Å². The van der Waals surface area contributed by atoms with Crippen LogP contribution < -0.4 is 11.3 Å². The lowest BCUT2D eigenvalue weighted by atomic mass is 10.4. The molecule has 0 saturated carbocycles. The Morgan fingerprint density at radius 1 is 1.53 bits per heavy atom. The highest BCUT2D eigenvalue weighted by molar-refractivity contribution is 6.30. The Morgan fingerprint density at radius 2 is 2.29 bits per heavy atom. The third-order valence-electron chi connectivity index (χ3n) is 1.94. The van der Waals surface area contributed by atoms with Gasteiger partial charge in [0, 0.05) is 0 Å². The maximum absolute atomic E-state index is 10.7. The van der Waals surface area contributed by atoms with E-state index in [-0.39, 0.29) is 17.3 Å². The number of hydrazine groups is 1. The van der Waals surface area contributed by atoms with Crippen molar-refractivity contribution in [3.63, 3.8) is 0 Å². The number of pyridine rings is 1. The number of nitro groups is 1. The lowest BCUT2D eigenvalue weighted by Crippen LogP contribution is -2.11. The van der Waals surface area contributed by atoms with E-state index in [4.69, 9.17) is 17.4 Å². The summed E-state index contributed by atoms with van der Waals surface area (Å²) in [4.78, 5) is 14.2. The number of hydrogen-bond acceptors (Lipinski definition) is 6. The minimum atomic E-state index is -0.545. The molecule has 8 nitrogen and oxygen atoms in total. The van der Waals surface area contributed by atoms with Crippen molar-refractivity contribution in [2.45, 2.75) is 0 Å². The molecule has 0 saturated heterocycles. The molecule has 0 bridgehead atoms. The van der Waals surface area contributed by atoms with Crippen LogP contribution in [0.4, 0.5) is 11.5 Å². The molecule has 2 rings (SSSR count). The first-order valence-corrected chi connectivity index (χ1v) is 4.81. The monoisotopic (exact) mass is 254 g/mol. The van der Waals surface area contributed by atoms with Gasteiger partial charge in [-0.1, -0.05) is 11.6 Å². The topological polar surface area (TPSA) is 112 Å². The van der Waals surface area contributed by atoms with E-state index in [1.165, 1.54) is 29.2 Å². The van der Waals surface area contributed by atoms with Gasteiger partial charge in [-0.05, 0) is 0 Å². The molecule has 0 radical (unpaired) electrons. The number of hydrogen-bond donors (Lipinski definition) is 2. The molecule has 0 aliphatic heterocycles. The molecule has 9 heteroatoms. The number of nitrogen functional groups attached to an aromatic ring is 1. The Labute approximate surface area is 100 Å². The van der Waals surface area contributed by atoms with Crippen molar-refractivity contribution in [3.8, 4) is 5.82 Å². The lowest BCUT2D eigenvalue weighted by Gasteiger charge is -2.03. The number of nitrogens with one attached hydrogen (secondary N) is 1. The van der Waals surface area contributed by atoms with E-state index >= 15 is 0 Å². The zero-order valence-electron chi connectivity index (χ0n) is 8.37. The second-order valence-electron chi connectivity index (χ2n) is 3.07. The third kappa shape index (κ3) is 2.32. The summed E-state index contributed by atoms with van der Waals surface area (Å²) in [6.45, 7) is 0. The van der Waals surface area contributed by atoms with Crippen molar-refractivity contribution in [2.75, 3.05) is 5.43 Å². The van der Waals surface area contributed by atoms with E-state index in [0.29, 0.717) is 5.02 Å². The van der Waals surface area contributed by atoms with Crippen LogP contribution in [0.2, 0.25) is 5.02 Å². The molecule has 0 aliphatic carbocycles. The summed E-state index contributed by atoms with van der Waals surface area (Å²) in [5.41, 5.74) is 2.11. The van der Waals surface area contributed by atoms with Crippen LogP contribution in [0, 0.1) is 10.1 Å². The van der Waals surface area contributed by atoms with Crippen molar-refractivity contribution in [2.24, 2.45) is 5.84 Å². The van der Waals surface area contributed by atoms with E-state index in [1.54, 1.807) is 0 Å². The molecule has 2 aromatic rings. The second-order valence-corrected chi connectivity index (χ2v) is 3.51. The zero-order valence-corrected chi connectivity index (χ0v) is 9.13. The molecule has 0 aromatic carbocycles. The Bertz CT molecular complexity index is 569. The summed E-state index contributed by atoms with van der Waals surface area (Å²) in [5, 5.41) is 15.0. The Balaban J connectivity index is 2.53. The summed E-state index contributed by atoms with van der Waals surface area (Å²) < 4.78 is 1.32. The predicted molar refractivity (Wildman–Crippen MR) is 60.8 cm³/mol. The van der Waals surface area contributed by atoms with Crippen LogP contribution in [0.25, 0.3) is 5.82 Å². The van der Waals surface area contributed by atoms with Crippen LogP contribution in [-0.2, 0) is 0 Å². The largest absolute Gasteiger partial charge is 0.308 e. The fourth-order valence-corrected chi connectivity index (χ4v) is 1.36. The molecule has 3 N–H and O–H groups in total. The van der Waals surface area contributed by atoms with Gasteiger partial charge in [0.05, 0.1) is 34.5 Å². The molecule has 0 unspecified atom stereocenters. The summed E-state index contributed by atoms with van der Waals surface area (Å²) in [7, 11) is 0. The molecular formula is C8H7ClN6O2.